The fourth-order valence-electron chi connectivity index (χ4n) is 1.76. The van der Waals surface area contributed by atoms with Crippen molar-refractivity contribution in [1.29, 1.82) is 0 Å². The molecule has 1 aliphatic heterocycles. The van der Waals surface area contributed by atoms with Crippen LogP contribution in [0.1, 0.15) is 39.0 Å². The van der Waals surface area contributed by atoms with Gasteiger partial charge in [0.1, 0.15) is 0 Å². The van der Waals surface area contributed by atoms with Crippen molar-refractivity contribution in [1.82, 2.24) is 16.0 Å². The highest BCUT2D eigenvalue weighted by Gasteiger charge is 2.13. The van der Waals surface area contributed by atoms with Crippen LogP contribution in [0.3, 0.4) is 0 Å². The Labute approximate surface area is 92.2 Å². The summed E-state index contributed by atoms with van der Waals surface area (Å²) in [5.41, 5.74) is 0. The van der Waals surface area contributed by atoms with Gasteiger partial charge in [-0.25, -0.2) is 4.79 Å². The van der Waals surface area contributed by atoms with Crippen LogP contribution in [0, 0.1) is 0 Å². The molecule has 4 nitrogen and oxygen atoms in total. The summed E-state index contributed by atoms with van der Waals surface area (Å²) < 4.78 is 0. The summed E-state index contributed by atoms with van der Waals surface area (Å²) in [5, 5.41) is 9.21. The molecule has 1 unspecified atom stereocenters. The van der Waals surface area contributed by atoms with Crippen molar-refractivity contribution in [3.8, 4) is 0 Å². The van der Waals surface area contributed by atoms with E-state index in [-0.39, 0.29) is 6.03 Å². The van der Waals surface area contributed by atoms with E-state index in [1.165, 1.54) is 12.8 Å². The predicted molar refractivity (Wildman–Crippen MR) is 62.0 cm³/mol. The quantitative estimate of drug-likeness (QED) is 0.615. The summed E-state index contributed by atoms with van der Waals surface area (Å²) in [6.07, 6.45) is 5.68. The Hall–Kier alpha value is -0.770. The Kier molecular flexibility index (Phi) is 6.16. The third kappa shape index (κ3) is 5.62. The van der Waals surface area contributed by atoms with E-state index in [9.17, 15) is 4.79 Å². The first kappa shape index (κ1) is 12.3. The fourth-order valence-corrected chi connectivity index (χ4v) is 1.76. The maximum absolute atomic E-state index is 11.4. The van der Waals surface area contributed by atoms with Crippen LogP contribution in [-0.4, -0.2) is 31.7 Å². The van der Waals surface area contributed by atoms with E-state index in [0.717, 1.165) is 38.9 Å². The van der Waals surface area contributed by atoms with Gasteiger partial charge in [0.05, 0.1) is 0 Å². The maximum Gasteiger partial charge on any atom is 0.315 e. The van der Waals surface area contributed by atoms with Crippen LogP contribution in [0.25, 0.3) is 0 Å². The predicted octanol–water partition coefficient (Wildman–Crippen LogP) is 1.23. The minimum Gasteiger partial charge on any atom is -0.338 e. The first-order valence-electron chi connectivity index (χ1n) is 6.08. The van der Waals surface area contributed by atoms with Gasteiger partial charge in [0.25, 0.3) is 0 Å². The minimum absolute atomic E-state index is 0.0165. The lowest BCUT2D eigenvalue weighted by atomic mass is 10.1. The summed E-state index contributed by atoms with van der Waals surface area (Å²) in [6, 6.07) is 0.284. The average Bonchev–Trinajstić information content (AvgIpc) is 2.47. The fraction of sp³-hybridized carbons (Fsp3) is 0.909. The number of hydrogen-bond donors (Lipinski definition) is 3. The zero-order chi connectivity index (χ0) is 10.9. The van der Waals surface area contributed by atoms with Crippen molar-refractivity contribution in [3.63, 3.8) is 0 Å². The Morgan fingerprint density at radius 1 is 1.47 bits per heavy atom. The van der Waals surface area contributed by atoms with Crippen LogP contribution in [0.5, 0.6) is 0 Å². The zero-order valence-electron chi connectivity index (χ0n) is 9.64. The monoisotopic (exact) mass is 213 g/mol. The van der Waals surface area contributed by atoms with Gasteiger partial charge in [0.15, 0.2) is 0 Å². The van der Waals surface area contributed by atoms with Gasteiger partial charge in [0, 0.05) is 19.1 Å². The molecule has 1 aliphatic rings. The van der Waals surface area contributed by atoms with E-state index in [2.05, 4.69) is 22.9 Å². The van der Waals surface area contributed by atoms with Crippen molar-refractivity contribution in [2.75, 3.05) is 19.6 Å². The van der Waals surface area contributed by atoms with E-state index in [4.69, 9.17) is 0 Å². The summed E-state index contributed by atoms with van der Waals surface area (Å²) in [4.78, 5) is 11.4. The summed E-state index contributed by atoms with van der Waals surface area (Å²) in [7, 11) is 0. The van der Waals surface area contributed by atoms with Crippen LogP contribution in [0.4, 0.5) is 4.79 Å². The Morgan fingerprint density at radius 3 is 3.13 bits per heavy atom. The van der Waals surface area contributed by atoms with Crippen LogP contribution < -0.4 is 16.0 Å². The second kappa shape index (κ2) is 7.51. The SMILES string of the molecule is CCCCNC(=O)NC1CCCCNC1. The molecule has 3 N–H and O–H groups in total. The Bertz CT molecular complexity index is 177. The molecule has 1 saturated heterocycles. The van der Waals surface area contributed by atoms with E-state index < -0.39 is 0 Å². The molecule has 0 radical (unpaired) electrons. The molecule has 2 amide bonds. The summed E-state index contributed by atoms with van der Waals surface area (Å²) in [5.74, 6) is 0. The van der Waals surface area contributed by atoms with Gasteiger partial charge in [-0.3, -0.25) is 0 Å². The van der Waals surface area contributed by atoms with E-state index in [1.54, 1.807) is 0 Å². The highest BCUT2D eigenvalue weighted by molar-refractivity contribution is 5.74. The van der Waals surface area contributed by atoms with Gasteiger partial charge in [-0.2, -0.15) is 0 Å². The van der Waals surface area contributed by atoms with Gasteiger partial charge in [0.2, 0.25) is 0 Å². The second-order valence-electron chi connectivity index (χ2n) is 4.15. The number of carbonyl (C=O) groups is 1. The number of urea groups is 1. The molecule has 88 valence electrons. The molecule has 1 heterocycles. The van der Waals surface area contributed by atoms with Crippen molar-refractivity contribution in [2.45, 2.75) is 45.1 Å². The number of hydrogen-bond acceptors (Lipinski definition) is 2. The standard InChI is InChI=1S/C11H23N3O/c1-2-3-8-13-11(15)14-10-6-4-5-7-12-9-10/h10,12H,2-9H2,1H3,(H2,13,14,15). The molecule has 15 heavy (non-hydrogen) atoms. The normalized spacial score (nSPS) is 21.8. The van der Waals surface area contributed by atoms with Crippen molar-refractivity contribution in [3.05, 3.63) is 0 Å². The lowest BCUT2D eigenvalue weighted by Crippen LogP contribution is -2.46. The third-order valence-electron chi connectivity index (χ3n) is 2.70. The number of amides is 2. The van der Waals surface area contributed by atoms with Crippen molar-refractivity contribution < 1.29 is 4.79 Å². The van der Waals surface area contributed by atoms with E-state index in [1.807, 2.05) is 0 Å². The summed E-state index contributed by atoms with van der Waals surface area (Å²) >= 11 is 0. The van der Waals surface area contributed by atoms with Crippen LogP contribution in [-0.2, 0) is 0 Å². The smallest absolute Gasteiger partial charge is 0.315 e. The largest absolute Gasteiger partial charge is 0.338 e. The highest BCUT2D eigenvalue weighted by Crippen LogP contribution is 2.03. The second-order valence-corrected chi connectivity index (χ2v) is 4.15. The molecular weight excluding hydrogens is 190 g/mol. The van der Waals surface area contributed by atoms with Gasteiger partial charge in [-0.15, -0.1) is 0 Å². The first-order chi connectivity index (χ1) is 7.33. The molecule has 0 saturated carbocycles. The molecule has 0 aromatic rings. The molecular formula is C11H23N3O. The third-order valence-corrected chi connectivity index (χ3v) is 2.70. The molecule has 0 bridgehead atoms. The minimum atomic E-state index is -0.0165. The molecule has 0 aromatic heterocycles. The molecule has 1 rings (SSSR count). The lowest BCUT2D eigenvalue weighted by molar-refractivity contribution is 0.236. The molecule has 0 spiro atoms. The number of unbranched alkanes of at least 4 members (excludes halogenated alkanes) is 1. The first-order valence-corrected chi connectivity index (χ1v) is 6.08. The molecule has 0 aliphatic carbocycles. The van der Waals surface area contributed by atoms with E-state index >= 15 is 0 Å². The van der Waals surface area contributed by atoms with Crippen LogP contribution in [0.2, 0.25) is 0 Å². The average molecular weight is 213 g/mol. The molecule has 0 aromatic carbocycles. The molecule has 1 atom stereocenters. The Morgan fingerprint density at radius 2 is 2.33 bits per heavy atom. The molecule has 4 heteroatoms. The van der Waals surface area contributed by atoms with Gasteiger partial charge in [-0.05, 0) is 25.8 Å². The molecule has 1 fully saturated rings. The maximum atomic E-state index is 11.4. The van der Waals surface area contributed by atoms with Gasteiger partial charge in [-0.1, -0.05) is 19.8 Å². The topological polar surface area (TPSA) is 53.2 Å². The number of carbonyl (C=O) groups excluding carboxylic acids is 1. The van der Waals surface area contributed by atoms with Crippen LogP contribution in [0.15, 0.2) is 0 Å². The van der Waals surface area contributed by atoms with Gasteiger partial charge >= 0.3 is 6.03 Å². The van der Waals surface area contributed by atoms with E-state index in [0.29, 0.717) is 6.04 Å². The van der Waals surface area contributed by atoms with Crippen molar-refractivity contribution >= 4 is 6.03 Å². The summed E-state index contributed by atoms with van der Waals surface area (Å²) in [6.45, 7) is 4.88. The lowest BCUT2D eigenvalue weighted by Gasteiger charge is -2.16. The van der Waals surface area contributed by atoms with Crippen molar-refractivity contribution in [2.24, 2.45) is 0 Å². The Balaban J connectivity index is 2.12. The highest BCUT2D eigenvalue weighted by atomic mass is 16.2. The number of rotatable bonds is 4. The van der Waals surface area contributed by atoms with Crippen LogP contribution >= 0.6 is 0 Å². The van der Waals surface area contributed by atoms with Gasteiger partial charge < -0.3 is 16.0 Å². The number of nitrogens with one attached hydrogen (secondary N) is 3. The zero-order valence-corrected chi connectivity index (χ0v) is 9.64.